The molecule has 12 heavy (non-hydrogen) atoms. The minimum atomic E-state index is -0.459. The number of hydrogen-bond donors (Lipinski definition) is 0. The smallest absolute Gasteiger partial charge is 0.132 e. The Labute approximate surface area is 69.7 Å². The predicted octanol–water partition coefficient (Wildman–Crippen LogP) is 3.26. The minimum absolute atomic E-state index is 0.0995. The molecule has 0 saturated heterocycles. The minimum Gasteiger partial charge on any atom is -0.206 e. The predicted molar refractivity (Wildman–Crippen MR) is 46.6 cm³/mol. The zero-order valence-electron chi connectivity index (χ0n) is 6.67. The van der Waals surface area contributed by atoms with Gasteiger partial charge in [-0.1, -0.05) is 12.6 Å². The van der Waals surface area contributed by atoms with Crippen LogP contribution < -0.4 is 0 Å². The van der Waals surface area contributed by atoms with Gasteiger partial charge in [0.25, 0.3) is 0 Å². The number of rotatable bonds is 2. The summed E-state index contributed by atoms with van der Waals surface area (Å²) in [4.78, 5) is 10.2. The SMILES string of the molecule is C=C(C)c1c(F)cccc1N=O. The Hall–Kier alpha value is -1.51. The Morgan fingerprint density at radius 3 is 2.67 bits per heavy atom. The van der Waals surface area contributed by atoms with Crippen LogP contribution in [0, 0.1) is 10.7 Å². The second kappa shape index (κ2) is 3.26. The maximum Gasteiger partial charge on any atom is 0.132 e. The number of benzene rings is 1. The van der Waals surface area contributed by atoms with E-state index < -0.39 is 5.82 Å². The van der Waals surface area contributed by atoms with Crippen molar-refractivity contribution in [2.45, 2.75) is 6.92 Å². The van der Waals surface area contributed by atoms with Gasteiger partial charge >= 0.3 is 0 Å². The van der Waals surface area contributed by atoms with Crippen molar-refractivity contribution in [2.24, 2.45) is 5.18 Å². The summed E-state index contributed by atoms with van der Waals surface area (Å²) in [5.74, 6) is -0.459. The highest BCUT2D eigenvalue weighted by Crippen LogP contribution is 2.27. The lowest BCUT2D eigenvalue weighted by molar-refractivity contribution is 0.624. The molecular weight excluding hydrogens is 157 g/mol. The van der Waals surface area contributed by atoms with Crippen LogP contribution in [0.5, 0.6) is 0 Å². The molecule has 0 spiro atoms. The summed E-state index contributed by atoms with van der Waals surface area (Å²) in [6.07, 6.45) is 0. The zero-order valence-corrected chi connectivity index (χ0v) is 6.67. The van der Waals surface area contributed by atoms with Crippen LogP contribution in [0.3, 0.4) is 0 Å². The number of hydrogen-bond acceptors (Lipinski definition) is 2. The molecule has 0 aliphatic rings. The molecule has 1 rings (SSSR count). The van der Waals surface area contributed by atoms with Gasteiger partial charge in [-0.25, -0.2) is 4.39 Å². The molecule has 0 bridgehead atoms. The quantitative estimate of drug-likeness (QED) is 0.618. The molecule has 0 aliphatic heterocycles. The van der Waals surface area contributed by atoms with Gasteiger partial charge in [0.2, 0.25) is 0 Å². The molecule has 0 unspecified atom stereocenters. The van der Waals surface area contributed by atoms with Crippen LogP contribution in [0.25, 0.3) is 5.57 Å². The Bertz CT molecular complexity index is 333. The van der Waals surface area contributed by atoms with Gasteiger partial charge in [0.1, 0.15) is 11.5 Å². The highest BCUT2D eigenvalue weighted by molar-refractivity contribution is 5.72. The van der Waals surface area contributed by atoms with Crippen LogP contribution >= 0.6 is 0 Å². The summed E-state index contributed by atoms with van der Waals surface area (Å²) in [7, 11) is 0. The van der Waals surface area contributed by atoms with Crippen molar-refractivity contribution in [3.63, 3.8) is 0 Å². The highest BCUT2D eigenvalue weighted by Gasteiger charge is 2.08. The molecule has 0 aliphatic carbocycles. The van der Waals surface area contributed by atoms with Crippen LogP contribution in [-0.4, -0.2) is 0 Å². The van der Waals surface area contributed by atoms with Gasteiger partial charge in [0.05, 0.1) is 0 Å². The topological polar surface area (TPSA) is 29.4 Å². The van der Waals surface area contributed by atoms with E-state index in [2.05, 4.69) is 11.8 Å². The second-order valence-corrected chi connectivity index (χ2v) is 2.51. The van der Waals surface area contributed by atoms with E-state index in [4.69, 9.17) is 0 Å². The van der Waals surface area contributed by atoms with E-state index in [1.54, 1.807) is 6.92 Å². The van der Waals surface area contributed by atoms with Crippen LogP contribution in [0.2, 0.25) is 0 Å². The van der Waals surface area contributed by atoms with Gasteiger partial charge in [-0.05, 0) is 29.8 Å². The Morgan fingerprint density at radius 2 is 2.25 bits per heavy atom. The zero-order chi connectivity index (χ0) is 9.14. The summed E-state index contributed by atoms with van der Waals surface area (Å²) in [5.41, 5.74) is 0.803. The maximum absolute atomic E-state index is 13.0. The van der Waals surface area contributed by atoms with E-state index in [-0.39, 0.29) is 11.3 Å². The fraction of sp³-hybridized carbons (Fsp3) is 0.111. The maximum atomic E-state index is 13.0. The van der Waals surface area contributed by atoms with Gasteiger partial charge in [-0.3, -0.25) is 0 Å². The molecule has 0 radical (unpaired) electrons. The third-order valence-electron chi connectivity index (χ3n) is 1.52. The van der Waals surface area contributed by atoms with Gasteiger partial charge in [0, 0.05) is 5.56 Å². The molecular formula is C9H8FNO. The first-order valence-electron chi connectivity index (χ1n) is 3.44. The van der Waals surface area contributed by atoms with Gasteiger partial charge in [-0.2, -0.15) is 0 Å². The van der Waals surface area contributed by atoms with Crippen LogP contribution in [-0.2, 0) is 0 Å². The summed E-state index contributed by atoms with van der Waals surface area (Å²) in [6, 6.07) is 4.18. The fourth-order valence-corrected chi connectivity index (χ4v) is 1.01. The van der Waals surface area contributed by atoms with Gasteiger partial charge < -0.3 is 0 Å². The van der Waals surface area contributed by atoms with Crippen LogP contribution in [0.4, 0.5) is 10.1 Å². The van der Waals surface area contributed by atoms with Crippen molar-refractivity contribution < 1.29 is 4.39 Å². The standard InChI is InChI=1S/C9H8FNO/c1-6(2)9-7(10)4-3-5-8(9)11-12/h3-5H,1H2,2H3. The first kappa shape index (κ1) is 8.59. The average molecular weight is 165 g/mol. The van der Waals surface area contributed by atoms with Crippen molar-refractivity contribution in [1.29, 1.82) is 0 Å². The van der Waals surface area contributed by atoms with E-state index >= 15 is 0 Å². The van der Waals surface area contributed by atoms with E-state index in [9.17, 15) is 9.30 Å². The first-order valence-corrected chi connectivity index (χ1v) is 3.44. The summed E-state index contributed by atoms with van der Waals surface area (Å²) >= 11 is 0. The van der Waals surface area contributed by atoms with Crippen LogP contribution in [0.15, 0.2) is 30.0 Å². The Morgan fingerprint density at radius 1 is 1.58 bits per heavy atom. The lowest BCUT2D eigenvalue weighted by Crippen LogP contribution is -1.85. The molecule has 0 atom stereocenters. The molecule has 2 nitrogen and oxygen atoms in total. The monoisotopic (exact) mass is 165 g/mol. The Kier molecular flexibility index (Phi) is 2.33. The summed E-state index contributed by atoms with van der Waals surface area (Å²) in [6.45, 7) is 5.19. The molecule has 0 fully saturated rings. The summed E-state index contributed by atoms with van der Waals surface area (Å²) < 4.78 is 13.0. The van der Waals surface area contributed by atoms with E-state index in [1.165, 1.54) is 18.2 Å². The van der Waals surface area contributed by atoms with E-state index in [1.807, 2.05) is 0 Å². The highest BCUT2D eigenvalue weighted by atomic mass is 19.1. The lowest BCUT2D eigenvalue weighted by Gasteiger charge is -2.02. The van der Waals surface area contributed by atoms with E-state index in [0.717, 1.165) is 0 Å². The van der Waals surface area contributed by atoms with Crippen molar-refractivity contribution >= 4 is 11.3 Å². The Balaban J connectivity index is 3.39. The molecule has 1 aromatic rings. The molecule has 0 saturated carbocycles. The van der Waals surface area contributed by atoms with E-state index in [0.29, 0.717) is 5.57 Å². The van der Waals surface area contributed by atoms with Crippen LogP contribution in [0.1, 0.15) is 12.5 Å². The van der Waals surface area contributed by atoms with Crippen molar-refractivity contribution in [3.8, 4) is 0 Å². The van der Waals surface area contributed by atoms with Gasteiger partial charge in [-0.15, -0.1) is 4.91 Å². The molecule has 0 amide bonds. The third kappa shape index (κ3) is 1.39. The summed E-state index contributed by atoms with van der Waals surface area (Å²) in [5, 5.41) is 2.70. The lowest BCUT2D eigenvalue weighted by atomic mass is 10.1. The molecule has 62 valence electrons. The van der Waals surface area contributed by atoms with Crippen molar-refractivity contribution in [2.75, 3.05) is 0 Å². The number of nitrogens with zero attached hydrogens (tertiary/aromatic N) is 1. The molecule has 0 aromatic heterocycles. The average Bonchev–Trinajstić information content (AvgIpc) is 2.03. The normalized spacial score (nSPS) is 9.50. The molecule has 1 aromatic carbocycles. The number of allylic oxidation sites excluding steroid dienone is 1. The number of nitroso groups, excluding NO2 is 1. The molecule has 0 N–H and O–H groups in total. The third-order valence-corrected chi connectivity index (χ3v) is 1.52. The molecule has 3 heteroatoms. The van der Waals surface area contributed by atoms with Crippen molar-refractivity contribution in [3.05, 3.63) is 41.1 Å². The largest absolute Gasteiger partial charge is 0.206 e. The van der Waals surface area contributed by atoms with Crippen molar-refractivity contribution in [1.82, 2.24) is 0 Å². The number of halogens is 1. The fourth-order valence-electron chi connectivity index (χ4n) is 1.01. The first-order chi connectivity index (χ1) is 5.66. The molecule has 0 heterocycles. The van der Waals surface area contributed by atoms with Gasteiger partial charge in [0.15, 0.2) is 0 Å². The second-order valence-electron chi connectivity index (χ2n) is 2.51.